The number of rotatable bonds is 1. The van der Waals surface area contributed by atoms with Crippen molar-refractivity contribution < 1.29 is 4.79 Å². The van der Waals surface area contributed by atoms with E-state index < -0.39 is 0 Å². The minimum Gasteiger partial charge on any atom is -0.359 e. The van der Waals surface area contributed by atoms with Crippen molar-refractivity contribution in [3.8, 4) is 0 Å². The molecule has 1 aliphatic carbocycles. The molecule has 1 rings (SSSR count). The van der Waals surface area contributed by atoms with Gasteiger partial charge in [-0.2, -0.15) is 0 Å². The van der Waals surface area contributed by atoms with Crippen LogP contribution in [0.15, 0.2) is 0 Å². The molecule has 1 fully saturated rings. The fraction of sp³-hybridized carbons (Fsp3) is 0.889. The van der Waals surface area contributed by atoms with Gasteiger partial charge < -0.3 is 5.32 Å². The summed E-state index contributed by atoms with van der Waals surface area (Å²) in [5, 5.41) is 2.72. The molecule has 11 heavy (non-hydrogen) atoms. The molecule has 0 aromatic heterocycles. The monoisotopic (exact) mass is 155 g/mol. The number of carbonyl (C=O) groups is 1. The molecule has 1 aliphatic rings. The van der Waals surface area contributed by atoms with Gasteiger partial charge in [0, 0.05) is 13.0 Å². The summed E-state index contributed by atoms with van der Waals surface area (Å²) < 4.78 is 0. The molecule has 1 N–H and O–H groups in total. The normalized spacial score (nSPS) is 31.5. The lowest BCUT2D eigenvalue weighted by atomic mass is 9.82. The van der Waals surface area contributed by atoms with Gasteiger partial charge in [-0.3, -0.25) is 4.79 Å². The first-order valence-corrected chi connectivity index (χ1v) is 4.45. The van der Waals surface area contributed by atoms with E-state index in [4.69, 9.17) is 0 Å². The van der Waals surface area contributed by atoms with Crippen LogP contribution in [0.25, 0.3) is 0 Å². The quantitative estimate of drug-likeness (QED) is 0.611. The van der Waals surface area contributed by atoms with Crippen LogP contribution in [0.3, 0.4) is 0 Å². The zero-order valence-corrected chi connectivity index (χ0v) is 7.39. The number of hydrogen-bond acceptors (Lipinski definition) is 1. The van der Waals surface area contributed by atoms with Crippen LogP contribution < -0.4 is 5.32 Å². The third kappa shape index (κ3) is 2.21. The van der Waals surface area contributed by atoms with Gasteiger partial charge in [-0.15, -0.1) is 0 Å². The summed E-state index contributed by atoms with van der Waals surface area (Å²) in [5.74, 6) is 1.27. The molecule has 0 radical (unpaired) electrons. The van der Waals surface area contributed by atoms with Gasteiger partial charge in [0.25, 0.3) is 0 Å². The van der Waals surface area contributed by atoms with Crippen LogP contribution in [0.4, 0.5) is 0 Å². The standard InChI is InChI=1S/C9H17NO/c1-7-4-3-5-8(6-7)9(11)10-2/h7-8H,3-6H2,1-2H3,(H,10,11)/t7?,8-/m0/s1. The lowest BCUT2D eigenvalue weighted by molar-refractivity contribution is -0.125. The minimum atomic E-state index is 0.233. The summed E-state index contributed by atoms with van der Waals surface area (Å²) >= 11 is 0. The number of amides is 1. The molecular formula is C9H17NO. The van der Waals surface area contributed by atoms with E-state index in [0.29, 0.717) is 5.92 Å². The third-order valence-electron chi connectivity index (χ3n) is 2.55. The highest BCUT2D eigenvalue weighted by atomic mass is 16.1. The van der Waals surface area contributed by atoms with Gasteiger partial charge in [-0.1, -0.05) is 19.8 Å². The van der Waals surface area contributed by atoms with Gasteiger partial charge in [-0.25, -0.2) is 0 Å². The smallest absolute Gasteiger partial charge is 0.222 e. The molecule has 0 spiro atoms. The Labute approximate surface area is 68.4 Å². The van der Waals surface area contributed by atoms with E-state index in [9.17, 15) is 4.79 Å². The van der Waals surface area contributed by atoms with E-state index in [0.717, 1.165) is 18.8 Å². The molecule has 1 amide bonds. The van der Waals surface area contributed by atoms with Crippen LogP contribution >= 0.6 is 0 Å². The van der Waals surface area contributed by atoms with Crippen LogP contribution in [0.1, 0.15) is 32.6 Å². The predicted molar refractivity (Wildman–Crippen MR) is 45.2 cm³/mol. The summed E-state index contributed by atoms with van der Waals surface area (Å²) in [6.07, 6.45) is 4.69. The van der Waals surface area contributed by atoms with E-state index in [-0.39, 0.29) is 5.91 Å². The van der Waals surface area contributed by atoms with Crippen LogP contribution in [-0.2, 0) is 4.79 Å². The molecule has 0 aromatic rings. The maximum atomic E-state index is 11.2. The highest BCUT2D eigenvalue weighted by Gasteiger charge is 2.23. The Bertz CT molecular complexity index is 144. The first-order chi connectivity index (χ1) is 5.24. The number of nitrogens with one attached hydrogen (secondary N) is 1. The van der Waals surface area contributed by atoms with Crippen molar-refractivity contribution in [3.05, 3.63) is 0 Å². The predicted octanol–water partition coefficient (Wildman–Crippen LogP) is 1.56. The fourth-order valence-corrected chi connectivity index (χ4v) is 1.88. The molecule has 64 valence electrons. The Hall–Kier alpha value is -0.530. The first kappa shape index (κ1) is 8.57. The molecule has 0 saturated heterocycles. The van der Waals surface area contributed by atoms with E-state index in [1.54, 1.807) is 7.05 Å². The van der Waals surface area contributed by atoms with Crippen LogP contribution in [0.5, 0.6) is 0 Å². The van der Waals surface area contributed by atoms with Gasteiger partial charge in [0.2, 0.25) is 5.91 Å². The van der Waals surface area contributed by atoms with Crippen LogP contribution in [0, 0.1) is 11.8 Å². The van der Waals surface area contributed by atoms with Crippen molar-refractivity contribution in [2.24, 2.45) is 11.8 Å². The number of hydrogen-bond donors (Lipinski definition) is 1. The van der Waals surface area contributed by atoms with E-state index in [1.807, 2.05) is 0 Å². The van der Waals surface area contributed by atoms with Gasteiger partial charge in [0.05, 0.1) is 0 Å². The molecule has 0 bridgehead atoms. The molecule has 0 heterocycles. The van der Waals surface area contributed by atoms with E-state index >= 15 is 0 Å². The Balaban J connectivity index is 2.39. The Kier molecular flexibility index (Phi) is 2.92. The van der Waals surface area contributed by atoms with Crippen molar-refractivity contribution in [1.29, 1.82) is 0 Å². The van der Waals surface area contributed by atoms with Gasteiger partial charge in [0.15, 0.2) is 0 Å². The fourth-order valence-electron chi connectivity index (χ4n) is 1.88. The molecule has 0 aliphatic heterocycles. The van der Waals surface area contributed by atoms with Crippen molar-refractivity contribution in [3.63, 3.8) is 0 Å². The van der Waals surface area contributed by atoms with E-state index in [2.05, 4.69) is 12.2 Å². The van der Waals surface area contributed by atoms with Crippen molar-refractivity contribution in [2.75, 3.05) is 7.05 Å². The molecule has 2 atom stereocenters. The van der Waals surface area contributed by atoms with Crippen LogP contribution in [-0.4, -0.2) is 13.0 Å². The largest absolute Gasteiger partial charge is 0.359 e. The molecule has 2 heteroatoms. The maximum Gasteiger partial charge on any atom is 0.222 e. The Morgan fingerprint density at radius 1 is 1.45 bits per heavy atom. The highest BCUT2D eigenvalue weighted by molar-refractivity contribution is 5.78. The lowest BCUT2D eigenvalue weighted by Crippen LogP contribution is -2.30. The molecule has 1 unspecified atom stereocenters. The Morgan fingerprint density at radius 2 is 2.18 bits per heavy atom. The van der Waals surface area contributed by atoms with Crippen molar-refractivity contribution in [2.45, 2.75) is 32.6 Å². The molecule has 1 saturated carbocycles. The summed E-state index contributed by atoms with van der Waals surface area (Å²) in [5.41, 5.74) is 0. The number of carbonyl (C=O) groups excluding carboxylic acids is 1. The van der Waals surface area contributed by atoms with Gasteiger partial charge in [0.1, 0.15) is 0 Å². The summed E-state index contributed by atoms with van der Waals surface area (Å²) in [6.45, 7) is 2.23. The van der Waals surface area contributed by atoms with Gasteiger partial charge >= 0.3 is 0 Å². The maximum absolute atomic E-state index is 11.2. The second-order valence-electron chi connectivity index (χ2n) is 3.58. The first-order valence-electron chi connectivity index (χ1n) is 4.45. The van der Waals surface area contributed by atoms with E-state index in [1.165, 1.54) is 12.8 Å². The lowest BCUT2D eigenvalue weighted by Gasteiger charge is -2.24. The summed E-state index contributed by atoms with van der Waals surface area (Å²) in [4.78, 5) is 11.2. The topological polar surface area (TPSA) is 29.1 Å². The molecule has 2 nitrogen and oxygen atoms in total. The second-order valence-corrected chi connectivity index (χ2v) is 3.58. The average Bonchev–Trinajstić information content (AvgIpc) is 2.03. The zero-order valence-electron chi connectivity index (χ0n) is 7.39. The van der Waals surface area contributed by atoms with Gasteiger partial charge in [-0.05, 0) is 18.8 Å². The molecular weight excluding hydrogens is 138 g/mol. The Morgan fingerprint density at radius 3 is 2.73 bits per heavy atom. The second kappa shape index (κ2) is 3.74. The third-order valence-corrected chi connectivity index (χ3v) is 2.55. The summed E-state index contributed by atoms with van der Waals surface area (Å²) in [7, 11) is 1.72. The van der Waals surface area contributed by atoms with Crippen molar-refractivity contribution >= 4 is 5.91 Å². The minimum absolute atomic E-state index is 0.233. The SMILES string of the molecule is CNC(=O)[C@H]1CCCC(C)C1. The average molecular weight is 155 g/mol. The molecule has 0 aromatic carbocycles. The van der Waals surface area contributed by atoms with Crippen molar-refractivity contribution in [1.82, 2.24) is 5.32 Å². The zero-order chi connectivity index (χ0) is 8.27. The highest BCUT2D eigenvalue weighted by Crippen LogP contribution is 2.28. The van der Waals surface area contributed by atoms with Crippen LogP contribution in [0.2, 0.25) is 0 Å². The summed E-state index contributed by atoms with van der Waals surface area (Å²) in [6, 6.07) is 0.